The van der Waals surface area contributed by atoms with Crippen molar-refractivity contribution in [3.8, 4) is 0 Å². The number of benzene rings is 1. The number of hydrogen-bond donors (Lipinski definition) is 1. The van der Waals surface area contributed by atoms with Gasteiger partial charge in [-0.2, -0.15) is 0 Å². The molecule has 0 spiro atoms. The van der Waals surface area contributed by atoms with Gasteiger partial charge in [0.05, 0.1) is 14.2 Å². The van der Waals surface area contributed by atoms with Gasteiger partial charge in [-0.15, -0.1) is 0 Å². The lowest BCUT2D eigenvalue weighted by Gasteiger charge is -2.01. The molecule has 64 valence electrons. The lowest BCUT2D eigenvalue weighted by molar-refractivity contribution is 0.0695. The largest absolute Gasteiger partial charge is 0.478 e. The van der Waals surface area contributed by atoms with Gasteiger partial charge in [-0.1, -0.05) is 11.6 Å². The molecule has 12 heavy (non-hydrogen) atoms. The predicted molar refractivity (Wildman–Crippen MR) is 51.1 cm³/mol. The molecular weight excluding hydrogens is 297 g/mol. The van der Waals surface area contributed by atoms with Gasteiger partial charge in [0.15, 0.2) is 0 Å². The van der Waals surface area contributed by atoms with Crippen molar-refractivity contribution in [2.24, 2.45) is 0 Å². The quantitative estimate of drug-likeness (QED) is 0.639. The number of rotatable bonds is 1. The average molecular weight is 300 g/mol. The van der Waals surface area contributed by atoms with Gasteiger partial charge >= 0.3 is 5.97 Å². The Hall–Kier alpha value is -0.360. The smallest absolute Gasteiger partial charge is 0.338 e. The summed E-state index contributed by atoms with van der Waals surface area (Å²) in [6.45, 7) is 0. The second kappa shape index (κ2) is 3.57. The average Bonchev–Trinajstić information content (AvgIpc) is 1.97. The first-order chi connectivity index (χ1) is 5.54. The van der Waals surface area contributed by atoms with E-state index in [0.717, 1.165) is 6.07 Å². The third kappa shape index (κ3) is 1.69. The Labute approximate surface area is 86.5 Å². The number of aromatic carboxylic acids is 1. The Morgan fingerprint density at radius 2 is 2.17 bits per heavy atom. The zero-order valence-electron chi connectivity index (χ0n) is 5.64. The molecule has 0 unspecified atom stereocenters. The number of halogens is 3. The standard InChI is InChI=1S/C7H3ClFIO2/c8-3-1-2-4(9)6(10)5(3)7(11)12/h1-2H,(H,11,12). The van der Waals surface area contributed by atoms with Gasteiger partial charge in [0.25, 0.3) is 0 Å². The van der Waals surface area contributed by atoms with Gasteiger partial charge in [0.1, 0.15) is 5.82 Å². The third-order valence-electron chi connectivity index (χ3n) is 1.26. The molecule has 0 fully saturated rings. The van der Waals surface area contributed by atoms with Crippen molar-refractivity contribution in [1.29, 1.82) is 0 Å². The molecule has 2 nitrogen and oxygen atoms in total. The van der Waals surface area contributed by atoms with Crippen LogP contribution in [0.3, 0.4) is 0 Å². The summed E-state index contributed by atoms with van der Waals surface area (Å²) >= 11 is 7.15. The number of carboxylic acids is 1. The molecule has 0 saturated carbocycles. The van der Waals surface area contributed by atoms with E-state index < -0.39 is 11.8 Å². The summed E-state index contributed by atoms with van der Waals surface area (Å²) in [6, 6.07) is 2.36. The van der Waals surface area contributed by atoms with Crippen molar-refractivity contribution in [3.63, 3.8) is 0 Å². The molecule has 0 saturated heterocycles. The summed E-state index contributed by atoms with van der Waals surface area (Å²) in [4.78, 5) is 10.5. The van der Waals surface area contributed by atoms with E-state index in [1.807, 2.05) is 0 Å². The second-order valence-electron chi connectivity index (χ2n) is 2.02. The Morgan fingerprint density at radius 3 is 2.58 bits per heavy atom. The summed E-state index contributed by atoms with van der Waals surface area (Å²) in [5, 5.41) is 8.66. The highest BCUT2D eigenvalue weighted by atomic mass is 127. The fourth-order valence-corrected chi connectivity index (χ4v) is 1.82. The fraction of sp³-hybridized carbons (Fsp3) is 0. The summed E-state index contributed by atoms with van der Waals surface area (Å²) in [7, 11) is 0. The minimum atomic E-state index is -1.22. The molecule has 0 bridgehead atoms. The van der Waals surface area contributed by atoms with Crippen LogP contribution in [0.5, 0.6) is 0 Å². The number of hydrogen-bond acceptors (Lipinski definition) is 1. The van der Waals surface area contributed by atoms with E-state index in [4.69, 9.17) is 16.7 Å². The summed E-state index contributed by atoms with van der Waals surface area (Å²) in [5.74, 6) is -1.79. The normalized spacial score (nSPS) is 9.92. The molecule has 1 N–H and O–H groups in total. The summed E-state index contributed by atoms with van der Waals surface area (Å²) < 4.78 is 12.8. The van der Waals surface area contributed by atoms with Crippen LogP contribution in [0.1, 0.15) is 10.4 Å². The monoisotopic (exact) mass is 300 g/mol. The topological polar surface area (TPSA) is 37.3 Å². The lowest BCUT2D eigenvalue weighted by Crippen LogP contribution is -2.02. The molecule has 0 amide bonds. The van der Waals surface area contributed by atoms with Crippen LogP contribution >= 0.6 is 34.2 Å². The molecule has 1 rings (SSSR count). The Kier molecular flexibility index (Phi) is 2.89. The zero-order chi connectivity index (χ0) is 9.30. The predicted octanol–water partition coefficient (Wildman–Crippen LogP) is 2.78. The Balaban J connectivity index is 3.43. The van der Waals surface area contributed by atoms with Crippen molar-refractivity contribution in [1.82, 2.24) is 0 Å². The minimum Gasteiger partial charge on any atom is -0.478 e. The molecule has 0 aromatic heterocycles. The highest BCUT2D eigenvalue weighted by molar-refractivity contribution is 14.1. The third-order valence-corrected chi connectivity index (χ3v) is 2.63. The first-order valence-electron chi connectivity index (χ1n) is 2.91. The van der Waals surface area contributed by atoms with E-state index in [1.54, 1.807) is 22.6 Å². The Bertz CT molecular complexity index is 340. The highest BCUT2D eigenvalue weighted by Crippen LogP contribution is 2.23. The fourth-order valence-electron chi connectivity index (χ4n) is 0.723. The molecule has 1 aromatic carbocycles. The van der Waals surface area contributed by atoms with Crippen LogP contribution in [0.2, 0.25) is 5.02 Å². The molecule has 5 heteroatoms. The van der Waals surface area contributed by atoms with E-state index in [9.17, 15) is 9.18 Å². The number of carboxylic acid groups (broad SMARTS) is 1. The van der Waals surface area contributed by atoms with Crippen LogP contribution < -0.4 is 0 Å². The second-order valence-corrected chi connectivity index (χ2v) is 3.51. The van der Waals surface area contributed by atoms with Gasteiger partial charge in [0.2, 0.25) is 0 Å². The van der Waals surface area contributed by atoms with Crippen molar-refractivity contribution in [2.75, 3.05) is 0 Å². The molecule has 0 atom stereocenters. The first-order valence-corrected chi connectivity index (χ1v) is 4.36. The van der Waals surface area contributed by atoms with E-state index >= 15 is 0 Å². The van der Waals surface area contributed by atoms with Crippen molar-refractivity contribution in [2.45, 2.75) is 0 Å². The molecule has 0 aliphatic heterocycles. The molecule has 0 aliphatic rings. The van der Waals surface area contributed by atoms with Gasteiger partial charge in [-0.25, -0.2) is 9.18 Å². The Morgan fingerprint density at radius 1 is 1.58 bits per heavy atom. The van der Waals surface area contributed by atoms with Crippen LogP contribution in [-0.4, -0.2) is 11.1 Å². The zero-order valence-corrected chi connectivity index (χ0v) is 8.56. The molecule has 1 aromatic rings. The van der Waals surface area contributed by atoms with Crippen LogP contribution in [0.15, 0.2) is 12.1 Å². The molecule has 0 aliphatic carbocycles. The van der Waals surface area contributed by atoms with Gasteiger partial charge < -0.3 is 5.11 Å². The minimum absolute atomic E-state index is 0.0348. The van der Waals surface area contributed by atoms with Crippen molar-refractivity contribution >= 4 is 40.2 Å². The number of carbonyl (C=O) groups is 1. The lowest BCUT2D eigenvalue weighted by atomic mass is 10.2. The molecular formula is C7H3ClFIO2. The van der Waals surface area contributed by atoms with Crippen LogP contribution in [0.4, 0.5) is 4.39 Å². The van der Waals surface area contributed by atoms with Crippen LogP contribution in [0.25, 0.3) is 0 Å². The highest BCUT2D eigenvalue weighted by Gasteiger charge is 2.15. The summed E-state index contributed by atoms with van der Waals surface area (Å²) in [5.41, 5.74) is -0.183. The van der Waals surface area contributed by atoms with Crippen LogP contribution in [-0.2, 0) is 0 Å². The van der Waals surface area contributed by atoms with Gasteiger partial charge in [0, 0.05) is 0 Å². The van der Waals surface area contributed by atoms with Crippen LogP contribution in [0, 0.1) is 9.39 Å². The maximum atomic E-state index is 12.8. The van der Waals surface area contributed by atoms with E-state index in [0.29, 0.717) is 0 Å². The maximum Gasteiger partial charge on any atom is 0.338 e. The summed E-state index contributed by atoms with van der Waals surface area (Å²) in [6.07, 6.45) is 0. The SMILES string of the molecule is O=C(O)c1c(Cl)ccc(F)c1I. The van der Waals surface area contributed by atoms with Gasteiger partial charge in [-0.3, -0.25) is 0 Å². The van der Waals surface area contributed by atoms with E-state index in [1.165, 1.54) is 6.07 Å². The van der Waals surface area contributed by atoms with Crippen molar-refractivity contribution < 1.29 is 14.3 Å². The van der Waals surface area contributed by atoms with Crippen molar-refractivity contribution in [3.05, 3.63) is 32.1 Å². The van der Waals surface area contributed by atoms with E-state index in [2.05, 4.69) is 0 Å². The first kappa shape index (κ1) is 9.73. The van der Waals surface area contributed by atoms with Gasteiger partial charge in [-0.05, 0) is 34.7 Å². The molecule has 0 heterocycles. The maximum absolute atomic E-state index is 12.8. The van der Waals surface area contributed by atoms with E-state index in [-0.39, 0.29) is 14.2 Å². The molecule has 0 radical (unpaired) electrons.